The Morgan fingerprint density at radius 2 is 1.64 bits per heavy atom. The Bertz CT molecular complexity index is 427. The zero-order valence-corrected chi connectivity index (χ0v) is 9.63. The largest absolute Gasteiger partial charge is 0.268 e. The fourth-order valence-electron chi connectivity index (χ4n) is 1.42. The molecule has 0 aliphatic carbocycles. The highest BCUT2D eigenvalue weighted by Crippen LogP contribution is 2.17. The molecule has 0 aliphatic rings. The van der Waals surface area contributed by atoms with E-state index in [1.165, 1.54) is 22.0 Å². The van der Waals surface area contributed by atoms with Gasteiger partial charge >= 0.3 is 0 Å². The summed E-state index contributed by atoms with van der Waals surface area (Å²) < 4.78 is 1.90. The first kappa shape index (κ1) is 10.8. The Hall–Kier alpha value is -1.31. The second kappa shape index (κ2) is 4.27. The molecule has 2 heteroatoms. The van der Waals surface area contributed by atoms with E-state index >= 15 is 0 Å². The average Bonchev–Trinajstić information content (AvgIpc) is 2.53. The van der Waals surface area contributed by atoms with Crippen LogP contribution in [0.25, 0.3) is 10.9 Å². The minimum Gasteiger partial charge on any atom is -0.268 e. The number of rotatable bonds is 0. The van der Waals surface area contributed by atoms with Crippen molar-refractivity contribution in [2.75, 3.05) is 0 Å². The van der Waals surface area contributed by atoms with Gasteiger partial charge in [0.2, 0.25) is 0 Å². The van der Waals surface area contributed by atoms with Crippen molar-refractivity contribution in [1.29, 1.82) is 0 Å². The van der Waals surface area contributed by atoms with Crippen molar-refractivity contribution in [3.63, 3.8) is 0 Å². The third kappa shape index (κ3) is 1.79. The molecule has 2 nitrogen and oxygen atoms in total. The monoisotopic (exact) mass is 190 g/mol. The maximum absolute atomic E-state index is 4.19. The molecule has 0 radical (unpaired) electrons. The van der Waals surface area contributed by atoms with E-state index in [4.69, 9.17) is 0 Å². The maximum atomic E-state index is 4.19. The van der Waals surface area contributed by atoms with Crippen LogP contribution in [0.4, 0.5) is 0 Å². The van der Waals surface area contributed by atoms with Gasteiger partial charge in [0.15, 0.2) is 0 Å². The predicted molar refractivity (Wildman–Crippen MR) is 61.5 cm³/mol. The predicted octanol–water partition coefficient (Wildman–Crippen LogP) is 3.22. The Morgan fingerprint density at radius 3 is 2.29 bits per heavy atom. The van der Waals surface area contributed by atoms with Crippen molar-refractivity contribution >= 4 is 10.9 Å². The molecule has 1 aromatic carbocycles. The summed E-state index contributed by atoms with van der Waals surface area (Å²) in [5.41, 5.74) is 3.86. The van der Waals surface area contributed by atoms with Gasteiger partial charge in [0.1, 0.15) is 0 Å². The van der Waals surface area contributed by atoms with Crippen molar-refractivity contribution in [3.8, 4) is 0 Å². The van der Waals surface area contributed by atoms with Crippen LogP contribution < -0.4 is 0 Å². The number of benzene rings is 1. The number of aryl methyl sites for hydroxylation is 3. The molecule has 0 aliphatic heterocycles. The Labute approximate surface area is 85.6 Å². The molecule has 0 amide bonds. The first-order valence-corrected chi connectivity index (χ1v) is 5.07. The van der Waals surface area contributed by atoms with Gasteiger partial charge in [0.05, 0.1) is 11.7 Å². The van der Waals surface area contributed by atoms with E-state index in [0.29, 0.717) is 0 Å². The molecule has 0 saturated heterocycles. The molecule has 2 aromatic rings. The topological polar surface area (TPSA) is 17.8 Å². The van der Waals surface area contributed by atoms with E-state index in [1.807, 2.05) is 31.8 Å². The molecule has 1 heterocycles. The molecule has 0 bridgehead atoms. The summed E-state index contributed by atoms with van der Waals surface area (Å²) in [5.74, 6) is 0. The molecular formula is C12H18N2. The Kier molecular flexibility index (Phi) is 3.28. The van der Waals surface area contributed by atoms with Crippen LogP contribution >= 0.6 is 0 Å². The lowest BCUT2D eigenvalue weighted by Crippen LogP contribution is -1.89. The molecule has 2 rings (SSSR count). The van der Waals surface area contributed by atoms with Crippen LogP contribution in [-0.4, -0.2) is 9.78 Å². The van der Waals surface area contributed by atoms with Gasteiger partial charge in [-0.2, -0.15) is 5.10 Å². The highest BCUT2D eigenvalue weighted by atomic mass is 15.2. The smallest absolute Gasteiger partial charge is 0.0681 e. The van der Waals surface area contributed by atoms with Crippen LogP contribution in [-0.2, 0) is 7.05 Å². The van der Waals surface area contributed by atoms with Crippen molar-refractivity contribution in [2.45, 2.75) is 27.7 Å². The van der Waals surface area contributed by atoms with E-state index in [1.54, 1.807) is 0 Å². The first-order chi connectivity index (χ1) is 6.68. The standard InChI is InChI=1S/C10H12N2.C2H6/c1-7-4-9-6-11-12(3)10(9)5-8(7)2;1-2/h4-6H,1-3H3;1-2H3. The maximum Gasteiger partial charge on any atom is 0.0681 e. The summed E-state index contributed by atoms with van der Waals surface area (Å²) >= 11 is 0. The molecule has 1 aromatic heterocycles. The lowest BCUT2D eigenvalue weighted by molar-refractivity contribution is 0.796. The van der Waals surface area contributed by atoms with Crippen molar-refractivity contribution in [3.05, 3.63) is 29.5 Å². The van der Waals surface area contributed by atoms with E-state index in [9.17, 15) is 0 Å². The summed E-state index contributed by atoms with van der Waals surface area (Å²) in [5, 5.41) is 5.42. The fourth-order valence-corrected chi connectivity index (χ4v) is 1.42. The lowest BCUT2D eigenvalue weighted by Gasteiger charge is -2.00. The minimum atomic E-state index is 1.21. The van der Waals surface area contributed by atoms with E-state index in [2.05, 4.69) is 31.1 Å². The minimum absolute atomic E-state index is 1.21. The zero-order chi connectivity index (χ0) is 10.7. The Balaban J connectivity index is 0.000000461. The van der Waals surface area contributed by atoms with E-state index in [-0.39, 0.29) is 0 Å². The molecule has 0 spiro atoms. The van der Waals surface area contributed by atoms with Gasteiger partial charge in [-0.1, -0.05) is 13.8 Å². The molecule has 76 valence electrons. The summed E-state index contributed by atoms with van der Waals surface area (Å²) in [4.78, 5) is 0. The third-order valence-corrected chi connectivity index (χ3v) is 2.36. The van der Waals surface area contributed by atoms with E-state index in [0.717, 1.165) is 0 Å². The summed E-state index contributed by atoms with van der Waals surface area (Å²) in [6.45, 7) is 8.25. The van der Waals surface area contributed by atoms with E-state index < -0.39 is 0 Å². The molecule has 0 fully saturated rings. The summed E-state index contributed by atoms with van der Waals surface area (Å²) in [6.07, 6.45) is 1.90. The van der Waals surface area contributed by atoms with Gasteiger partial charge < -0.3 is 0 Å². The first-order valence-electron chi connectivity index (χ1n) is 5.07. The van der Waals surface area contributed by atoms with Crippen LogP contribution in [0.3, 0.4) is 0 Å². The van der Waals surface area contributed by atoms with Crippen molar-refractivity contribution in [1.82, 2.24) is 9.78 Å². The average molecular weight is 190 g/mol. The Morgan fingerprint density at radius 1 is 1.07 bits per heavy atom. The van der Waals surface area contributed by atoms with Gasteiger partial charge in [-0.05, 0) is 37.1 Å². The van der Waals surface area contributed by atoms with Gasteiger partial charge in [-0.25, -0.2) is 0 Å². The zero-order valence-electron chi connectivity index (χ0n) is 9.63. The van der Waals surface area contributed by atoms with Crippen molar-refractivity contribution in [2.24, 2.45) is 7.05 Å². The SMILES string of the molecule is CC.Cc1cc2cnn(C)c2cc1C. The quantitative estimate of drug-likeness (QED) is 0.623. The van der Waals surface area contributed by atoms with Crippen molar-refractivity contribution < 1.29 is 0 Å². The molecule has 0 N–H and O–H groups in total. The van der Waals surface area contributed by atoms with Gasteiger partial charge in [0.25, 0.3) is 0 Å². The second-order valence-corrected chi connectivity index (χ2v) is 3.26. The third-order valence-electron chi connectivity index (χ3n) is 2.36. The van der Waals surface area contributed by atoms with Crippen LogP contribution in [0.2, 0.25) is 0 Å². The van der Waals surface area contributed by atoms with Gasteiger partial charge in [0, 0.05) is 12.4 Å². The fraction of sp³-hybridized carbons (Fsp3) is 0.417. The molecule has 0 unspecified atom stereocenters. The number of fused-ring (bicyclic) bond motifs is 1. The number of aromatic nitrogens is 2. The number of hydrogen-bond acceptors (Lipinski definition) is 1. The molecule has 14 heavy (non-hydrogen) atoms. The normalized spacial score (nSPS) is 9.79. The van der Waals surface area contributed by atoms with Crippen LogP contribution in [0, 0.1) is 13.8 Å². The van der Waals surface area contributed by atoms with Gasteiger partial charge in [-0.15, -0.1) is 0 Å². The summed E-state index contributed by atoms with van der Waals surface area (Å²) in [7, 11) is 1.97. The summed E-state index contributed by atoms with van der Waals surface area (Å²) in [6, 6.07) is 4.36. The molecular weight excluding hydrogens is 172 g/mol. The van der Waals surface area contributed by atoms with Crippen LogP contribution in [0.5, 0.6) is 0 Å². The highest BCUT2D eigenvalue weighted by molar-refractivity contribution is 5.80. The van der Waals surface area contributed by atoms with Crippen LogP contribution in [0.1, 0.15) is 25.0 Å². The highest BCUT2D eigenvalue weighted by Gasteiger charge is 2.00. The molecule has 0 saturated carbocycles. The van der Waals surface area contributed by atoms with Crippen LogP contribution in [0.15, 0.2) is 18.3 Å². The number of nitrogens with zero attached hydrogens (tertiary/aromatic N) is 2. The second-order valence-electron chi connectivity index (χ2n) is 3.26. The lowest BCUT2D eigenvalue weighted by atomic mass is 10.1. The molecule has 0 atom stereocenters. The van der Waals surface area contributed by atoms with Gasteiger partial charge in [-0.3, -0.25) is 4.68 Å². The number of hydrogen-bond donors (Lipinski definition) is 0.